The van der Waals surface area contributed by atoms with Crippen LogP contribution in [0.2, 0.25) is 0 Å². The molecule has 9 heteroatoms. The summed E-state index contributed by atoms with van der Waals surface area (Å²) >= 11 is 0. The molecular formula is C32H49N4O5+. The van der Waals surface area contributed by atoms with Crippen LogP contribution in [0.25, 0.3) is 0 Å². The van der Waals surface area contributed by atoms with Gasteiger partial charge in [-0.3, -0.25) is 14.5 Å². The Hall–Kier alpha value is -3.04. The molecule has 2 aromatic rings. The Balaban J connectivity index is 1.54. The van der Waals surface area contributed by atoms with Crippen molar-refractivity contribution in [3.8, 4) is 11.5 Å². The molecule has 1 aromatic carbocycles. The van der Waals surface area contributed by atoms with Crippen molar-refractivity contribution in [3.05, 3.63) is 47.8 Å². The summed E-state index contributed by atoms with van der Waals surface area (Å²) in [5, 5.41) is 10.5. The maximum atomic E-state index is 13.8. The highest BCUT2D eigenvalue weighted by Crippen LogP contribution is 2.43. The van der Waals surface area contributed by atoms with Crippen LogP contribution in [0, 0.1) is 5.92 Å². The number of benzene rings is 1. The number of carbonyl (C=O) groups excluding carboxylic acids is 1. The summed E-state index contributed by atoms with van der Waals surface area (Å²) in [6.45, 7) is 5.64. The van der Waals surface area contributed by atoms with Crippen LogP contribution in [0.4, 0.5) is 0 Å². The van der Waals surface area contributed by atoms with Gasteiger partial charge in [-0.25, -0.2) is 0 Å². The molecule has 0 bridgehead atoms. The Morgan fingerprint density at radius 3 is 2.51 bits per heavy atom. The normalized spacial score (nSPS) is 20.5. The summed E-state index contributed by atoms with van der Waals surface area (Å²) in [5.74, 6) is -0.256. The molecular weight excluding hydrogens is 520 g/mol. The van der Waals surface area contributed by atoms with Crippen LogP contribution in [-0.2, 0) is 23.1 Å². The van der Waals surface area contributed by atoms with Crippen molar-refractivity contribution in [2.75, 3.05) is 60.7 Å². The number of amides is 1. The van der Waals surface area contributed by atoms with E-state index in [1.165, 1.54) is 0 Å². The predicted molar refractivity (Wildman–Crippen MR) is 159 cm³/mol. The molecule has 1 N–H and O–H groups in total. The third-order valence-electron chi connectivity index (χ3n) is 8.59. The molecule has 9 nitrogen and oxygen atoms in total. The maximum absolute atomic E-state index is 13.8. The molecule has 3 atom stereocenters. The van der Waals surface area contributed by atoms with E-state index >= 15 is 0 Å². The molecule has 0 saturated carbocycles. The van der Waals surface area contributed by atoms with Crippen molar-refractivity contribution in [1.29, 1.82) is 0 Å². The third kappa shape index (κ3) is 8.04. The van der Waals surface area contributed by atoms with Gasteiger partial charge in [0, 0.05) is 50.5 Å². The van der Waals surface area contributed by atoms with E-state index in [4.69, 9.17) is 9.47 Å². The topological polar surface area (TPSA) is 84.2 Å². The lowest BCUT2D eigenvalue weighted by atomic mass is 9.83. The van der Waals surface area contributed by atoms with Gasteiger partial charge in [0.15, 0.2) is 11.5 Å². The molecule has 226 valence electrons. The van der Waals surface area contributed by atoms with Crippen molar-refractivity contribution < 1.29 is 28.7 Å². The van der Waals surface area contributed by atoms with Gasteiger partial charge in [0.2, 0.25) is 12.7 Å². The van der Waals surface area contributed by atoms with E-state index in [2.05, 4.69) is 43.6 Å². The molecule has 1 saturated heterocycles. The molecule has 3 unspecified atom stereocenters. The summed E-state index contributed by atoms with van der Waals surface area (Å²) in [5.41, 5.74) is 2.08. The highest BCUT2D eigenvalue weighted by Gasteiger charge is 2.47. The highest BCUT2D eigenvalue weighted by atomic mass is 16.7. The first kappa shape index (κ1) is 30.9. The van der Waals surface area contributed by atoms with Crippen LogP contribution >= 0.6 is 0 Å². The van der Waals surface area contributed by atoms with Crippen LogP contribution in [0.1, 0.15) is 56.2 Å². The van der Waals surface area contributed by atoms with Gasteiger partial charge in [0.25, 0.3) is 0 Å². The SMILES string of the molecule is CCCCN(CCCC[N+](C)(C)C)C(=O)CN1CC(c2ccc3c(c2)OCO3)C(C(=O)O)C1CCc1cccn1C. The summed E-state index contributed by atoms with van der Waals surface area (Å²) < 4.78 is 14.1. The van der Waals surface area contributed by atoms with Crippen LogP contribution in [0.5, 0.6) is 11.5 Å². The third-order valence-corrected chi connectivity index (χ3v) is 8.59. The molecule has 2 aliphatic rings. The molecule has 1 aromatic heterocycles. The van der Waals surface area contributed by atoms with E-state index in [1.807, 2.05) is 42.4 Å². The van der Waals surface area contributed by atoms with Crippen molar-refractivity contribution >= 4 is 11.9 Å². The zero-order valence-corrected chi connectivity index (χ0v) is 25.6. The highest BCUT2D eigenvalue weighted by molar-refractivity contribution is 5.79. The molecule has 4 rings (SSSR count). The second-order valence-corrected chi connectivity index (χ2v) is 12.7. The first-order valence-corrected chi connectivity index (χ1v) is 15.1. The fraction of sp³-hybridized carbons (Fsp3) is 0.625. The summed E-state index contributed by atoms with van der Waals surface area (Å²) in [6, 6.07) is 9.58. The van der Waals surface area contributed by atoms with E-state index < -0.39 is 11.9 Å². The summed E-state index contributed by atoms with van der Waals surface area (Å²) in [6.07, 6.45) is 7.46. The monoisotopic (exact) mass is 569 g/mol. The van der Waals surface area contributed by atoms with E-state index in [-0.39, 0.29) is 31.2 Å². The minimum absolute atomic E-state index is 0.100. The molecule has 3 heterocycles. The van der Waals surface area contributed by atoms with Crippen molar-refractivity contribution in [2.24, 2.45) is 13.0 Å². The van der Waals surface area contributed by atoms with Crippen LogP contribution < -0.4 is 9.47 Å². The zero-order chi connectivity index (χ0) is 29.6. The van der Waals surface area contributed by atoms with Crippen molar-refractivity contribution in [1.82, 2.24) is 14.4 Å². The first-order chi connectivity index (χ1) is 19.6. The van der Waals surface area contributed by atoms with Gasteiger partial charge < -0.3 is 28.5 Å². The zero-order valence-electron chi connectivity index (χ0n) is 25.6. The van der Waals surface area contributed by atoms with Gasteiger partial charge in [-0.05, 0) is 61.9 Å². The van der Waals surface area contributed by atoms with Crippen molar-refractivity contribution in [3.63, 3.8) is 0 Å². The van der Waals surface area contributed by atoms with E-state index in [0.717, 1.165) is 67.5 Å². The lowest BCUT2D eigenvalue weighted by Crippen LogP contribution is -2.45. The molecule has 0 aliphatic carbocycles. The molecule has 0 radical (unpaired) electrons. The summed E-state index contributed by atoms with van der Waals surface area (Å²) in [4.78, 5) is 30.8. The molecule has 0 spiro atoms. The van der Waals surface area contributed by atoms with E-state index in [9.17, 15) is 14.7 Å². The smallest absolute Gasteiger partial charge is 0.308 e. The van der Waals surface area contributed by atoms with E-state index in [1.54, 1.807) is 0 Å². The largest absolute Gasteiger partial charge is 0.481 e. The minimum atomic E-state index is -0.817. The second kappa shape index (κ2) is 13.7. The lowest BCUT2D eigenvalue weighted by molar-refractivity contribution is -0.870. The number of hydrogen-bond donors (Lipinski definition) is 1. The molecule has 2 aliphatic heterocycles. The number of nitrogens with zero attached hydrogens (tertiary/aromatic N) is 4. The number of likely N-dealkylation sites (tertiary alicyclic amines) is 1. The number of ether oxygens (including phenoxy) is 2. The van der Waals surface area contributed by atoms with Crippen LogP contribution in [0.15, 0.2) is 36.5 Å². The average molecular weight is 570 g/mol. The minimum Gasteiger partial charge on any atom is -0.481 e. The number of aliphatic carboxylic acids is 1. The standard InChI is InChI=1S/C32H48N4O5/c1-6-7-17-34(18-8-9-19-36(3,4)5)30(37)22-35-21-26(24-12-15-28-29(20-24)41-23-40-28)31(32(38)39)27(35)14-13-25-11-10-16-33(25)2/h10-12,15-16,20,26-27,31H,6-9,13-14,17-19,21-23H2,1-5H3/p+1. The van der Waals surface area contributed by atoms with Crippen LogP contribution in [-0.4, -0.2) is 103 Å². The molecule has 1 amide bonds. The predicted octanol–water partition coefficient (Wildman–Crippen LogP) is 3.97. The number of unbranched alkanes of at least 4 members (excludes halogenated alkanes) is 2. The quantitative estimate of drug-likeness (QED) is 0.258. The van der Waals surface area contributed by atoms with Gasteiger partial charge >= 0.3 is 5.97 Å². The Morgan fingerprint density at radius 1 is 1.07 bits per heavy atom. The van der Waals surface area contributed by atoms with Gasteiger partial charge in [-0.15, -0.1) is 0 Å². The Bertz CT molecular complexity index is 1170. The molecule has 1 fully saturated rings. The Kier molecular flexibility index (Phi) is 10.4. The fourth-order valence-electron chi connectivity index (χ4n) is 6.26. The number of hydrogen-bond acceptors (Lipinski definition) is 5. The van der Waals surface area contributed by atoms with Gasteiger partial charge in [0.1, 0.15) is 0 Å². The first-order valence-electron chi connectivity index (χ1n) is 15.1. The number of aromatic nitrogens is 1. The number of carbonyl (C=O) groups is 2. The number of carboxylic acids is 1. The Morgan fingerprint density at radius 2 is 1.83 bits per heavy atom. The maximum Gasteiger partial charge on any atom is 0.308 e. The van der Waals surface area contributed by atoms with Crippen molar-refractivity contribution in [2.45, 2.75) is 57.4 Å². The number of rotatable bonds is 15. The number of aryl methyl sites for hydroxylation is 2. The second-order valence-electron chi connectivity index (χ2n) is 12.7. The summed E-state index contributed by atoms with van der Waals surface area (Å²) in [7, 11) is 8.59. The number of quaternary nitrogens is 1. The lowest BCUT2D eigenvalue weighted by Gasteiger charge is -2.30. The van der Waals surface area contributed by atoms with Gasteiger partial charge in [-0.1, -0.05) is 19.4 Å². The molecule has 41 heavy (non-hydrogen) atoms. The number of fused-ring (bicyclic) bond motifs is 1. The van der Waals surface area contributed by atoms with Crippen LogP contribution in [0.3, 0.4) is 0 Å². The fourth-order valence-corrected chi connectivity index (χ4v) is 6.26. The number of carboxylic acid groups (broad SMARTS) is 1. The Labute approximate surface area is 245 Å². The average Bonchev–Trinajstić information content (AvgIpc) is 3.64. The van der Waals surface area contributed by atoms with Gasteiger partial charge in [0.05, 0.1) is 40.2 Å². The van der Waals surface area contributed by atoms with Gasteiger partial charge in [-0.2, -0.15) is 0 Å². The van der Waals surface area contributed by atoms with E-state index in [0.29, 0.717) is 24.5 Å².